The maximum Gasteiger partial charge on any atom is 0.254 e. The number of benzene rings is 2. The molecule has 8 nitrogen and oxygen atoms in total. The van der Waals surface area contributed by atoms with Crippen molar-refractivity contribution in [2.45, 2.75) is 40.3 Å². The molecule has 0 radical (unpaired) electrons. The van der Waals surface area contributed by atoms with Crippen molar-refractivity contribution in [3.63, 3.8) is 0 Å². The Balaban J connectivity index is 1.42. The van der Waals surface area contributed by atoms with E-state index in [1.165, 1.54) is 5.56 Å². The molecule has 5 rings (SSSR count). The Kier molecular flexibility index (Phi) is 7.53. The fourth-order valence-corrected chi connectivity index (χ4v) is 5.18. The second kappa shape index (κ2) is 11.0. The van der Waals surface area contributed by atoms with Gasteiger partial charge in [0.25, 0.3) is 11.8 Å². The first-order chi connectivity index (χ1) is 18.3. The molecule has 1 N–H and O–H groups in total. The van der Waals surface area contributed by atoms with E-state index in [1.807, 2.05) is 23.7 Å². The molecule has 0 saturated carbocycles. The predicted octanol–water partition coefficient (Wildman–Crippen LogP) is 4.41. The lowest BCUT2D eigenvalue weighted by molar-refractivity contribution is -0.120. The Hall–Kier alpha value is -3.62. The van der Waals surface area contributed by atoms with E-state index in [2.05, 4.69) is 64.5 Å². The Morgan fingerprint density at radius 2 is 1.84 bits per heavy atom. The number of nitrogens with zero attached hydrogens (tertiary/aromatic N) is 4. The van der Waals surface area contributed by atoms with Crippen molar-refractivity contribution in [2.75, 3.05) is 32.8 Å². The van der Waals surface area contributed by atoms with Crippen molar-refractivity contribution < 1.29 is 14.3 Å². The monoisotopic (exact) mass is 513 g/mol. The van der Waals surface area contributed by atoms with Crippen LogP contribution in [-0.4, -0.2) is 65.1 Å². The normalized spacial score (nSPS) is 18.6. The molecule has 2 aromatic carbocycles. The smallest absolute Gasteiger partial charge is 0.254 e. The Labute approximate surface area is 223 Å². The van der Waals surface area contributed by atoms with Gasteiger partial charge in [0.1, 0.15) is 0 Å². The van der Waals surface area contributed by atoms with Crippen molar-refractivity contribution in [2.24, 2.45) is 10.9 Å². The van der Waals surface area contributed by atoms with Gasteiger partial charge in [0, 0.05) is 43.3 Å². The maximum absolute atomic E-state index is 13.5. The van der Waals surface area contributed by atoms with Crippen molar-refractivity contribution >= 4 is 28.4 Å². The van der Waals surface area contributed by atoms with Crippen LogP contribution in [0.25, 0.3) is 22.0 Å². The third-order valence-corrected chi connectivity index (χ3v) is 7.28. The first-order valence-electron chi connectivity index (χ1n) is 13.3. The number of dihydropyridines is 1. The summed E-state index contributed by atoms with van der Waals surface area (Å²) in [7, 11) is 0. The van der Waals surface area contributed by atoms with Gasteiger partial charge in [-0.25, -0.2) is 4.99 Å². The maximum atomic E-state index is 13.5. The standard InChI is InChI=1S/C30H35N5O3/c1-19(2)35-28-15-24(23-7-5-22(6-8-23)18-34-9-11-38-12-10-34)14-25(27(28)17-32-35)29(36)31-16-26-20(3)13-21(4)33-30(26)37/h5-8,13-15,17,19,26H,9-12,16,18H2,1-4H3,(H,31,36). The fraction of sp³-hybridized carbons (Fsp3) is 0.400. The zero-order valence-corrected chi connectivity index (χ0v) is 22.5. The summed E-state index contributed by atoms with van der Waals surface area (Å²) in [5.41, 5.74) is 6.30. The number of amides is 2. The van der Waals surface area contributed by atoms with Gasteiger partial charge in [0.2, 0.25) is 0 Å². The molecule has 0 aliphatic carbocycles. The topological polar surface area (TPSA) is 88.8 Å². The summed E-state index contributed by atoms with van der Waals surface area (Å²) in [5, 5.41) is 8.35. The number of fused-ring (bicyclic) bond motifs is 1. The summed E-state index contributed by atoms with van der Waals surface area (Å²) >= 11 is 0. The van der Waals surface area contributed by atoms with Crippen LogP contribution < -0.4 is 5.32 Å². The van der Waals surface area contributed by atoms with E-state index in [-0.39, 0.29) is 24.4 Å². The zero-order valence-electron chi connectivity index (χ0n) is 22.5. The molecule has 3 heterocycles. The molecule has 0 spiro atoms. The van der Waals surface area contributed by atoms with Gasteiger partial charge in [-0.15, -0.1) is 0 Å². The number of hydrogen-bond donors (Lipinski definition) is 1. The van der Waals surface area contributed by atoms with E-state index < -0.39 is 5.92 Å². The molecule has 38 heavy (non-hydrogen) atoms. The minimum absolute atomic E-state index is 0.142. The van der Waals surface area contributed by atoms with Crippen LogP contribution in [0, 0.1) is 5.92 Å². The number of carbonyl (C=O) groups is 2. The summed E-state index contributed by atoms with van der Waals surface area (Å²) < 4.78 is 7.40. The van der Waals surface area contributed by atoms with E-state index in [0.717, 1.165) is 60.5 Å². The molecule has 3 aromatic rings. The predicted molar refractivity (Wildman–Crippen MR) is 149 cm³/mol. The lowest BCUT2D eigenvalue weighted by Gasteiger charge is -2.26. The second-order valence-electron chi connectivity index (χ2n) is 10.5. The molecule has 2 aliphatic heterocycles. The fourth-order valence-electron chi connectivity index (χ4n) is 5.18. The van der Waals surface area contributed by atoms with Gasteiger partial charge in [0.15, 0.2) is 0 Å². The number of aromatic nitrogens is 2. The van der Waals surface area contributed by atoms with Gasteiger partial charge in [-0.05, 0) is 62.6 Å². The third kappa shape index (κ3) is 5.47. The number of aliphatic imine (C=N–C) groups is 1. The highest BCUT2D eigenvalue weighted by Gasteiger charge is 2.25. The van der Waals surface area contributed by atoms with Crippen LogP contribution in [0.5, 0.6) is 0 Å². The Bertz CT molecular complexity index is 1410. The molecule has 1 fully saturated rings. The molecule has 0 bridgehead atoms. The molecular formula is C30H35N5O3. The lowest BCUT2D eigenvalue weighted by Crippen LogP contribution is -2.35. The minimum Gasteiger partial charge on any atom is -0.379 e. The minimum atomic E-state index is -0.446. The molecular weight excluding hydrogens is 478 g/mol. The molecule has 8 heteroatoms. The van der Waals surface area contributed by atoms with Gasteiger partial charge in [-0.2, -0.15) is 5.10 Å². The van der Waals surface area contributed by atoms with E-state index in [0.29, 0.717) is 11.3 Å². The number of nitrogens with one attached hydrogen (secondary N) is 1. The number of hydrogen-bond acceptors (Lipinski definition) is 5. The van der Waals surface area contributed by atoms with Gasteiger partial charge < -0.3 is 10.1 Å². The first kappa shape index (κ1) is 26.0. The molecule has 2 amide bonds. The van der Waals surface area contributed by atoms with Crippen LogP contribution in [0.3, 0.4) is 0 Å². The number of carbonyl (C=O) groups excluding carboxylic acids is 2. The van der Waals surface area contributed by atoms with E-state index in [1.54, 1.807) is 13.1 Å². The van der Waals surface area contributed by atoms with Crippen LogP contribution in [0.4, 0.5) is 0 Å². The molecule has 198 valence electrons. The second-order valence-corrected chi connectivity index (χ2v) is 10.5. The van der Waals surface area contributed by atoms with Gasteiger partial charge >= 0.3 is 0 Å². The molecule has 2 aliphatic rings. The third-order valence-electron chi connectivity index (χ3n) is 7.28. The number of rotatable bonds is 7. The molecule has 1 aromatic heterocycles. The largest absolute Gasteiger partial charge is 0.379 e. The molecule has 1 unspecified atom stereocenters. The van der Waals surface area contributed by atoms with Crippen LogP contribution in [-0.2, 0) is 16.1 Å². The van der Waals surface area contributed by atoms with Crippen molar-refractivity contribution in [1.29, 1.82) is 0 Å². The average Bonchev–Trinajstić information content (AvgIpc) is 3.33. The van der Waals surface area contributed by atoms with E-state index >= 15 is 0 Å². The Morgan fingerprint density at radius 1 is 1.11 bits per heavy atom. The quantitative estimate of drug-likeness (QED) is 0.506. The van der Waals surface area contributed by atoms with Crippen LogP contribution in [0.2, 0.25) is 0 Å². The summed E-state index contributed by atoms with van der Waals surface area (Å²) in [6.45, 7) is 12.4. The number of allylic oxidation sites excluding steroid dienone is 1. The summed E-state index contributed by atoms with van der Waals surface area (Å²) in [4.78, 5) is 32.4. The van der Waals surface area contributed by atoms with E-state index in [4.69, 9.17) is 4.74 Å². The molecule has 1 saturated heterocycles. The highest BCUT2D eigenvalue weighted by Crippen LogP contribution is 2.30. The van der Waals surface area contributed by atoms with E-state index in [9.17, 15) is 9.59 Å². The summed E-state index contributed by atoms with van der Waals surface area (Å²) in [5.74, 6) is -0.888. The SMILES string of the molecule is CC1=CC(C)=NC(=O)C1CNC(=O)c1cc(-c2ccc(CN3CCOCC3)cc2)cc2c1cnn2C(C)C. The summed E-state index contributed by atoms with van der Waals surface area (Å²) in [6.07, 6.45) is 3.65. The number of ether oxygens (including phenoxy) is 1. The van der Waals surface area contributed by atoms with Gasteiger partial charge in [0.05, 0.1) is 36.4 Å². The van der Waals surface area contributed by atoms with Crippen molar-refractivity contribution in [3.05, 3.63) is 65.4 Å². The van der Waals surface area contributed by atoms with Gasteiger partial charge in [-0.1, -0.05) is 29.8 Å². The highest BCUT2D eigenvalue weighted by molar-refractivity contribution is 6.09. The summed E-state index contributed by atoms with van der Waals surface area (Å²) in [6, 6.07) is 12.7. The van der Waals surface area contributed by atoms with Crippen molar-refractivity contribution in [3.8, 4) is 11.1 Å². The molecule has 1 atom stereocenters. The first-order valence-corrected chi connectivity index (χ1v) is 13.3. The van der Waals surface area contributed by atoms with Crippen LogP contribution in [0.1, 0.15) is 49.7 Å². The Morgan fingerprint density at radius 3 is 2.53 bits per heavy atom. The van der Waals surface area contributed by atoms with Crippen LogP contribution in [0.15, 0.2) is 59.2 Å². The lowest BCUT2D eigenvalue weighted by atomic mass is 9.95. The van der Waals surface area contributed by atoms with Crippen molar-refractivity contribution in [1.82, 2.24) is 20.0 Å². The van der Waals surface area contributed by atoms with Crippen LogP contribution >= 0.6 is 0 Å². The van der Waals surface area contributed by atoms with Gasteiger partial charge in [-0.3, -0.25) is 19.2 Å². The zero-order chi connectivity index (χ0) is 26.8. The average molecular weight is 514 g/mol. The number of morpholine rings is 1. The highest BCUT2D eigenvalue weighted by atomic mass is 16.5.